The summed E-state index contributed by atoms with van der Waals surface area (Å²) in [7, 11) is 2.07. The van der Waals surface area contributed by atoms with Gasteiger partial charge in [0.05, 0.1) is 11.3 Å². The Morgan fingerprint density at radius 1 is 1.14 bits per heavy atom. The third-order valence-electron chi connectivity index (χ3n) is 5.71. The summed E-state index contributed by atoms with van der Waals surface area (Å²) < 4.78 is 2.16. The molecule has 0 bridgehead atoms. The highest BCUT2D eigenvalue weighted by molar-refractivity contribution is 5.83. The minimum absolute atomic E-state index is 0.0514. The highest BCUT2D eigenvalue weighted by Crippen LogP contribution is 2.25. The van der Waals surface area contributed by atoms with Crippen LogP contribution in [0.4, 0.5) is 5.69 Å². The summed E-state index contributed by atoms with van der Waals surface area (Å²) in [5, 5.41) is 1.27. The number of aromatic amines is 1. The van der Waals surface area contributed by atoms with E-state index in [1.54, 1.807) is 0 Å². The molecule has 1 aliphatic rings. The molecular weight excluding hydrogens is 362 g/mol. The summed E-state index contributed by atoms with van der Waals surface area (Å²) in [4.78, 5) is 22.8. The van der Waals surface area contributed by atoms with Gasteiger partial charge in [-0.25, -0.2) is 4.98 Å². The van der Waals surface area contributed by atoms with Gasteiger partial charge in [0, 0.05) is 61.5 Å². The molecule has 0 fully saturated rings. The Hall–Kier alpha value is -3.38. The quantitative estimate of drug-likeness (QED) is 0.531. The number of nitrogens with two attached hydrogens (primary N) is 1. The van der Waals surface area contributed by atoms with E-state index in [2.05, 4.69) is 52.0 Å². The summed E-state index contributed by atoms with van der Waals surface area (Å²) in [6.07, 6.45) is 2.96. The number of anilines is 1. The lowest BCUT2D eigenvalue weighted by Crippen LogP contribution is -2.35. The molecule has 1 aliphatic heterocycles. The summed E-state index contributed by atoms with van der Waals surface area (Å²) >= 11 is 0. The van der Waals surface area contributed by atoms with E-state index in [0.29, 0.717) is 18.1 Å². The molecule has 3 N–H and O–H groups in total. The molecule has 0 amide bonds. The van der Waals surface area contributed by atoms with Crippen molar-refractivity contribution in [3.8, 4) is 11.4 Å². The molecule has 0 spiro atoms. The zero-order valence-electron chi connectivity index (χ0n) is 16.4. The molecule has 2 aromatic heterocycles. The van der Waals surface area contributed by atoms with Crippen LogP contribution in [0.15, 0.2) is 59.5 Å². The van der Waals surface area contributed by atoms with Crippen molar-refractivity contribution in [3.05, 3.63) is 81.9 Å². The molecule has 5 rings (SSSR count). The molecule has 0 radical (unpaired) electrons. The standard InChI is InChI=1S/C23H23N5O/c1-27-12-16(18-4-2-3-5-21(18)27)13-28-11-10-20-19(14-28)23(29)26-22(25-20)15-6-8-17(24)9-7-15/h2-9,12H,10-11,13-14,24H2,1H3,(H,25,26,29). The molecule has 6 heteroatoms. The highest BCUT2D eigenvalue weighted by atomic mass is 16.1. The minimum atomic E-state index is -0.0514. The fourth-order valence-corrected chi connectivity index (χ4v) is 4.19. The zero-order chi connectivity index (χ0) is 20.0. The fourth-order valence-electron chi connectivity index (χ4n) is 4.19. The van der Waals surface area contributed by atoms with E-state index >= 15 is 0 Å². The number of hydrogen-bond acceptors (Lipinski definition) is 4. The van der Waals surface area contributed by atoms with Gasteiger partial charge >= 0.3 is 0 Å². The number of rotatable bonds is 3. The average molecular weight is 385 g/mol. The summed E-state index contributed by atoms with van der Waals surface area (Å²) in [5.41, 5.74) is 11.5. The fraction of sp³-hybridized carbons (Fsp3) is 0.217. The van der Waals surface area contributed by atoms with Crippen LogP contribution >= 0.6 is 0 Å². The lowest BCUT2D eigenvalue weighted by Gasteiger charge is -2.27. The Morgan fingerprint density at radius 3 is 2.76 bits per heavy atom. The monoisotopic (exact) mass is 385 g/mol. The maximum absolute atomic E-state index is 12.8. The van der Waals surface area contributed by atoms with Gasteiger partial charge in [-0.1, -0.05) is 18.2 Å². The molecule has 3 heterocycles. The van der Waals surface area contributed by atoms with Gasteiger partial charge in [-0.15, -0.1) is 0 Å². The molecule has 146 valence electrons. The second-order valence-corrected chi connectivity index (χ2v) is 7.70. The first-order valence-electron chi connectivity index (χ1n) is 9.82. The predicted octanol–water partition coefficient (Wildman–Crippen LogP) is 3.07. The molecule has 0 aliphatic carbocycles. The molecule has 0 unspecified atom stereocenters. The van der Waals surface area contributed by atoms with Crippen LogP contribution in [0.2, 0.25) is 0 Å². The van der Waals surface area contributed by atoms with E-state index in [1.807, 2.05) is 24.3 Å². The van der Waals surface area contributed by atoms with Crippen LogP contribution in [0.25, 0.3) is 22.3 Å². The first kappa shape index (κ1) is 17.7. The Morgan fingerprint density at radius 2 is 1.93 bits per heavy atom. The number of aryl methyl sites for hydroxylation is 1. The summed E-state index contributed by atoms with van der Waals surface area (Å²) in [5.74, 6) is 0.608. The van der Waals surface area contributed by atoms with Crippen LogP contribution in [0.1, 0.15) is 16.8 Å². The van der Waals surface area contributed by atoms with Crippen molar-refractivity contribution in [1.82, 2.24) is 19.4 Å². The summed E-state index contributed by atoms with van der Waals surface area (Å²) in [6.45, 7) is 2.32. The van der Waals surface area contributed by atoms with Gasteiger partial charge in [-0.3, -0.25) is 9.69 Å². The van der Waals surface area contributed by atoms with Gasteiger partial charge in [-0.05, 0) is 35.9 Å². The minimum Gasteiger partial charge on any atom is -0.399 e. The van der Waals surface area contributed by atoms with Gasteiger partial charge in [-0.2, -0.15) is 0 Å². The maximum atomic E-state index is 12.8. The van der Waals surface area contributed by atoms with E-state index in [-0.39, 0.29) is 5.56 Å². The summed E-state index contributed by atoms with van der Waals surface area (Å²) in [6, 6.07) is 15.8. The van der Waals surface area contributed by atoms with Gasteiger partial charge in [0.2, 0.25) is 0 Å². The SMILES string of the molecule is Cn1cc(CN2CCc3nc(-c4ccc(N)cc4)[nH]c(=O)c3C2)c2ccccc21. The maximum Gasteiger partial charge on any atom is 0.255 e. The Bertz CT molecular complexity index is 1250. The van der Waals surface area contributed by atoms with Crippen LogP contribution in [-0.2, 0) is 26.6 Å². The third kappa shape index (κ3) is 3.21. The number of fused-ring (bicyclic) bond motifs is 2. The second kappa shape index (κ2) is 6.90. The second-order valence-electron chi connectivity index (χ2n) is 7.70. The number of nitrogens with one attached hydrogen (secondary N) is 1. The molecule has 6 nitrogen and oxygen atoms in total. The zero-order valence-corrected chi connectivity index (χ0v) is 16.4. The Balaban J connectivity index is 1.42. The van der Waals surface area contributed by atoms with Crippen molar-refractivity contribution in [2.24, 2.45) is 7.05 Å². The van der Waals surface area contributed by atoms with Gasteiger partial charge < -0.3 is 15.3 Å². The van der Waals surface area contributed by atoms with E-state index in [9.17, 15) is 4.79 Å². The van der Waals surface area contributed by atoms with E-state index < -0.39 is 0 Å². The van der Waals surface area contributed by atoms with E-state index in [4.69, 9.17) is 10.7 Å². The van der Waals surface area contributed by atoms with E-state index in [1.165, 1.54) is 16.5 Å². The Kier molecular flexibility index (Phi) is 4.21. The number of H-pyrrole nitrogens is 1. The number of nitrogen functional groups attached to an aromatic ring is 1. The van der Waals surface area contributed by atoms with Gasteiger partial charge in [0.25, 0.3) is 5.56 Å². The van der Waals surface area contributed by atoms with Crippen LogP contribution < -0.4 is 11.3 Å². The van der Waals surface area contributed by atoms with Crippen LogP contribution in [0, 0.1) is 0 Å². The van der Waals surface area contributed by atoms with Crippen LogP contribution in [0.3, 0.4) is 0 Å². The predicted molar refractivity (Wildman–Crippen MR) is 115 cm³/mol. The topological polar surface area (TPSA) is 79.9 Å². The molecule has 0 saturated heterocycles. The molecule has 29 heavy (non-hydrogen) atoms. The van der Waals surface area contributed by atoms with E-state index in [0.717, 1.165) is 36.3 Å². The number of benzene rings is 2. The van der Waals surface area contributed by atoms with Crippen molar-refractivity contribution >= 4 is 16.6 Å². The lowest BCUT2D eigenvalue weighted by atomic mass is 10.0. The number of para-hydroxylation sites is 1. The number of nitrogens with zero attached hydrogens (tertiary/aromatic N) is 3. The highest BCUT2D eigenvalue weighted by Gasteiger charge is 2.22. The molecule has 0 atom stereocenters. The van der Waals surface area contributed by atoms with Crippen molar-refractivity contribution in [3.63, 3.8) is 0 Å². The van der Waals surface area contributed by atoms with Crippen molar-refractivity contribution in [2.75, 3.05) is 12.3 Å². The average Bonchev–Trinajstić information content (AvgIpc) is 3.04. The van der Waals surface area contributed by atoms with Crippen LogP contribution in [0.5, 0.6) is 0 Å². The first-order chi connectivity index (χ1) is 14.1. The van der Waals surface area contributed by atoms with Crippen molar-refractivity contribution in [1.29, 1.82) is 0 Å². The van der Waals surface area contributed by atoms with Gasteiger partial charge in [0.15, 0.2) is 0 Å². The molecule has 4 aromatic rings. The molecule has 0 saturated carbocycles. The Labute approximate surface area is 168 Å². The van der Waals surface area contributed by atoms with Crippen LogP contribution in [-0.4, -0.2) is 26.0 Å². The number of hydrogen-bond donors (Lipinski definition) is 2. The molecule has 2 aromatic carbocycles. The lowest BCUT2D eigenvalue weighted by molar-refractivity contribution is 0.242. The molecular formula is C23H23N5O. The third-order valence-corrected chi connectivity index (χ3v) is 5.71. The van der Waals surface area contributed by atoms with Crippen molar-refractivity contribution < 1.29 is 0 Å². The normalized spacial score (nSPS) is 14.2. The van der Waals surface area contributed by atoms with Crippen molar-refractivity contribution in [2.45, 2.75) is 19.5 Å². The first-order valence-corrected chi connectivity index (χ1v) is 9.82. The number of aromatic nitrogens is 3. The smallest absolute Gasteiger partial charge is 0.255 e. The largest absolute Gasteiger partial charge is 0.399 e. The van der Waals surface area contributed by atoms with Gasteiger partial charge in [0.1, 0.15) is 5.82 Å².